The fourth-order valence-corrected chi connectivity index (χ4v) is 2.58. The van der Waals surface area contributed by atoms with Crippen molar-refractivity contribution in [1.29, 1.82) is 0 Å². The van der Waals surface area contributed by atoms with Crippen LogP contribution in [0.25, 0.3) is 0 Å². The zero-order valence-corrected chi connectivity index (χ0v) is 9.52. The summed E-state index contributed by atoms with van der Waals surface area (Å²) < 4.78 is 2.07. The molecular formula is C12H21N3. The molecule has 1 aliphatic carbocycles. The molecule has 84 valence electrons. The highest BCUT2D eigenvalue weighted by Gasteiger charge is 2.25. The van der Waals surface area contributed by atoms with Gasteiger partial charge in [0.05, 0.1) is 5.69 Å². The molecular weight excluding hydrogens is 186 g/mol. The van der Waals surface area contributed by atoms with E-state index in [9.17, 15) is 0 Å². The van der Waals surface area contributed by atoms with E-state index < -0.39 is 0 Å². The Morgan fingerprint density at radius 3 is 2.93 bits per heavy atom. The first-order valence-electron chi connectivity index (χ1n) is 6.10. The molecule has 0 amide bonds. The van der Waals surface area contributed by atoms with Crippen molar-refractivity contribution in [3.05, 3.63) is 18.0 Å². The molecule has 0 radical (unpaired) electrons. The number of nitrogens with zero attached hydrogens (tertiary/aromatic N) is 2. The maximum atomic E-state index is 6.31. The van der Waals surface area contributed by atoms with Gasteiger partial charge in [0, 0.05) is 18.8 Å². The summed E-state index contributed by atoms with van der Waals surface area (Å²) in [5, 5.41) is 4.34. The van der Waals surface area contributed by atoms with Gasteiger partial charge in [0.1, 0.15) is 0 Å². The van der Waals surface area contributed by atoms with Crippen LogP contribution in [0.5, 0.6) is 0 Å². The Bertz CT molecular complexity index is 300. The van der Waals surface area contributed by atoms with E-state index in [1.165, 1.54) is 31.4 Å². The number of aryl methyl sites for hydroxylation is 1. The minimum atomic E-state index is 0.196. The van der Waals surface area contributed by atoms with E-state index in [-0.39, 0.29) is 6.04 Å². The first kappa shape index (κ1) is 10.7. The van der Waals surface area contributed by atoms with Crippen LogP contribution in [0.15, 0.2) is 12.3 Å². The summed E-state index contributed by atoms with van der Waals surface area (Å²) in [7, 11) is 0. The topological polar surface area (TPSA) is 43.8 Å². The molecule has 0 aliphatic heterocycles. The summed E-state index contributed by atoms with van der Waals surface area (Å²) in [5.74, 6) is 0.678. The van der Waals surface area contributed by atoms with Gasteiger partial charge in [-0.05, 0) is 31.2 Å². The molecule has 1 aromatic rings. The van der Waals surface area contributed by atoms with E-state index in [0.717, 1.165) is 13.0 Å². The molecule has 15 heavy (non-hydrogen) atoms. The van der Waals surface area contributed by atoms with Crippen LogP contribution < -0.4 is 5.73 Å². The highest BCUT2D eigenvalue weighted by atomic mass is 15.3. The van der Waals surface area contributed by atoms with Crippen LogP contribution in [0.2, 0.25) is 0 Å². The SMILES string of the molecule is CCCn1nccc1C(N)C1CCCC1. The maximum absolute atomic E-state index is 6.31. The first-order valence-corrected chi connectivity index (χ1v) is 6.10. The smallest absolute Gasteiger partial charge is 0.0554 e. The average molecular weight is 207 g/mol. The second kappa shape index (κ2) is 4.79. The van der Waals surface area contributed by atoms with Gasteiger partial charge < -0.3 is 5.73 Å². The molecule has 3 heteroatoms. The van der Waals surface area contributed by atoms with Gasteiger partial charge in [-0.1, -0.05) is 19.8 Å². The molecule has 1 fully saturated rings. The van der Waals surface area contributed by atoms with Gasteiger partial charge in [0.15, 0.2) is 0 Å². The lowest BCUT2D eigenvalue weighted by molar-refractivity contribution is 0.411. The van der Waals surface area contributed by atoms with Gasteiger partial charge >= 0.3 is 0 Å². The van der Waals surface area contributed by atoms with Gasteiger partial charge in [0.2, 0.25) is 0 Å². The highest BCUT2D eigenvalue weighted by Crippen LogP contribution is 2.33. The molecule has 1 aliphatic rings. The predicted molar refractivity (Wildman–Crippen MR) is 61.4 cm³/mol. The number of rotatable bonds is 4. The van der Waals surface area contributed by atoms with Crippen molar-refractivity contribution in [2.75, 3.05) is 0 Å². The van der Waals surface area contributed by atoms with Gasteiger partial charge in [-0.3, -0.25) is 4.68 Å². The predicted octanol–water partition coefficient (Wildman–Crippen LogP) is 2.48. The second-order valence-electron chi connectivity index (χ2n) is 4.55. The number of aromatic nitrogens is 2. The maximum Gasteiger partial charge on any atom is 0.0554 e. The molecule has 0 saturated heterocycles. The molecule has 0 bridgehead atoms. The molecule has 1 heterocycles. The van der Waals surface area contributed by atoms with E-state index in [1.807, 2.05) is 6.20 Å². The molecule has 1 unspecified atom stereocenters. The molecule has 0 spiro atoms. The molecule has 3 nitrogen and oxygen atoms in total. The summed E-state index contributed by atoms with van der Waals surface area (Å²) >= 11 is 0. The Kier molecular flexibility index (Phi) is 3.41. The van der Waals surface area contributed by atoms with Crippen LogP contribution in [-0.2, 0) is 6.54 Å². The monoisotopic (exact) mass is 207 g/mol. The second-order valence-corrected chi connectivity index (χ2v) is 4.55. The molecule has 2 N–H and O–H groups in total. The first-order chi connectivity index (χ1) is 7.33. The normalized spacial score (nSPS) is 19.6. The fourth-order valence-electron chi connectivity index (χ4n) is 2.58. The third kappa shape index (κ3) is 2.23. The van der Waals surface area contributed by atoms with E-state index in [4.69, 9.17) is 5.73 Å². The summed E-state index contributed by atoms with van der Waals surface area (Å²) in [4.78, 5) is 0. The van der Waals surface area contributed by atoms with Crippen LogP contribution in [0.3, 0.4) is 0 Å². The van der Waals surface area contributed by atoms with E-state index in [1.54, 1.807) is 0 Å². The van der Waals surface area contributed by atoms with E-state index >= 15 is 0 Å². The summed E-state index contributed by atoms with van der Waals surface area (Å²) in [6, 6.07) is 2.28. The third-order valence-corrected chi connectivity index (χ3v) is 3.43. The van der Waals surface area contributed by atoms with Gasteiger partial charge in [-0.15, -0.1) is 0 Å². The van der Waals surface area contributed by atoms with E-state index in [0.29, 0.717) is 5.92 Å². The van der Waals surface area contributed by atoms with Crippen molar-refractivity contribution in [3.63, 3.8) is 0 Å². The Labute approximate surface area is 91.7 Å². The van der Waals surface area contributed by atoms with Crippen LogP contribution in [0.1, 0.15) is 50.8 Å². The Morgan fingerprint density at radius 2 is 2.27 bits per heavy atom. The van der Waals surface area contributed by atoms with Crippen molar-refractivity contribution in [2.24, 2.45) is 11.7 Å². The highest BCUT2D eigenvalue weighted by molar-refractivity contribution is 5.08. The number of hydrogen-bond acceptors (Lipinski definition) is 2. The van der Waals surface area contributed by atoms with Gasteiger partial charge in [-0.25, -0.2) is 0 Å². The van der Waals surface area contributed by atoms with Crippen molar-refractivity contribution in [2.45, 2.75) is 51.6 Å². The fraction of sp³-hybridized carbons (Fsp3) is 0.750. The summed E-state index contributed by atoms with van der Waals surface area (Å²) in [6.45, 7) is 3.16. The zero-order valence-electron chi connectivity index (χ0n) is 9.52. The molecule has 1 saturated carbocycles. The molecule has 1 atom stereocenters. The van der Waals surface area contributed by atoms with Crippen LogP contribution in [-0.4, -0.2) is 9.78 Å². The summed E-state index contributed by atoms with van der Waals surface area (Å²) in [5.41, 5.74) is 7.54. The summed E-state index contributed by atoms with van der Waals surface area (Å²) in [6.07, 6.45) is 8.27. The number of hydrogen-bond donors (Lipinski definition) is 1. The largest absolute Gasteiger partial charge is 0.322 e. The van der Waals surface area contributed by atoms with Crippen LogP contribution >= 0.6 is 0 Å². The minimum Gasteiger partial charge on any atom is -0.322 e. The van der Waals surface area contributed by atoms with Crippen LogP contribution in [0.4, 0.5) is 0 Å². The van der Waals surface area contributed by atoms with Crippen molar-refractivity contribution >= 4 is 0 Å². The van der Waals surface area contributed by atoms with Gasteiger partial charge in [-0.2, -0.15) is 5.10 Å². The molecule has 1 aromatic heterocycles. The van der Waals surface area contributed by atoms with E-state index in [2.05, 4.69) is 22.8 Å². The average Bonchev–Trinajstić information content (AvgIpc) is 2.87. The molecule has 2 rings (SSSR count). The Morgan fingerprint density at radius 1 is 1.53 bits per heavy atom. The lowest BCUT2D eigenvalue weighted by atomic mass is 9.96. The van der Waals surface area contributed by atoms with Crippen molar-refractivity contribution in [3.8, 4) is 0 Å². The third-order valence-electron chi connectivity index (χ3n) is 3.43. The molecule has 0 aromatic carbocycles. The lowest BCUT2D eigenvalue weighted by Crippen LogP contribution is -2.22. The standard InChI is InChI=1S/C12H21N3/c1-2-9-15-11(7-8-14-15)12(13)10-5-3-4-6-10/h7-8,10,12H,2-6,9,13H2,1H3. The van der Waals surface area contributed by atoms with Gasteiger partial charge in [0.25, 0.3) is 0 Å². The number of nitrogens with two attached hydrogens (primary N) is 1. The van der Waals surface area contributed by atoms with Crippen LogP contribution in [0, 0.1) is 5.92 Å². The Balaban J connectivity index is 2.09. The van der Waals surface area contributed by atoms with Crippen molar-refractivity contribution in [1.82, 2.24) is 9.78 Å². The lowest BCUT2D eigenvalue weighted by Gasteiger charge is -2.19. The minimum absolute atomic E-state index is 0.196. The Hall–Kier alpha value is -0.830. The quantitative estimate of drug-likeness (QED) is 0.824. The van der Waals surface area contributed by atoms with Crippen molar-refractivity contribution < 1.29 is 0 Å². The zero-order chi connectivity index (χ0) is 10.7.